The summed E-state index contributed by atoms with van der Waals surface area (Å²) in [6, 6.07) is 3.92. The molecule has 1 fully saturated rings. The van der Waals surface area contributed by atoms with Gasteiger partial charge in [0.05, 0.1) is 21.3 Å². The number of likely N-dealkylation sites (tertiary alicyclic amines) is 1. The molecule has 6 nitrogen and oxygen atoms in total. The standard InChI is InChI=1S/C18H29N3O3.HI/c1-13-6-8-21(9-7-13)18(19-2)20-12-14-10-15(22-3)17(24-5)16(11-14)23-4;/h10-11,13H,6-9,12H2,1-5H3,(H,19,20);1H. The monoisotopic (exact) mass is 463 g/mol. The summed E-state index contributed by atoms with van der Waals surface area (Å²) in [5.41, 5.74) is 1.05. The van der Waals surface area contributed by atoms with Gasteiger partial charge in [-0.15, -0.1) is 24.0 Å². The normalized spacial score (nSPS) is 15.4. The molecule has 0 atom stereocenters. The minimum absolute atomic E-state index is 0. The third-order valence-corrected chi connectivity index (χ3v) is 4.47. The number of guanidine groups is 1. The number of hydrogen-bond acceptors (Lipinski definition) is 4. The zero-order valence-corrected chi connectivity index (χ0v) is 18.1. The Kier molecular flexibility index (Phi) is 9.16. The van der Waals surface area contributed by atoms with E-state index in [0.29, 0.717) is 23.8 Å². The number of piperidine rings is 1. The highest BCUT2D eigenvalue weighted by molar-refractivity contribution is 14.0. The van der Waals surface area contributed by atoms with Crippen molar-refractivity contribution in [1.82, 2.24) is 10.2 Å². The Bertz CT molecular complexity index is 548. The molecule has 2 rings (SSSR count). The molecule has 7 heteroatoms. The molecule has 0 aliphatic carbocycles. The predicted octanol–water partition coefficient (Wildman–Crippen LogP) is 3.14. The molecule has 1 aliphatic rings. The van der Waals surface area contributed by atoms with E-state index in [0.717, 1.165) is 30.5 Å². The van der Waals surface area contributed by atoms with Gasteiger partial charge >= 0.3 is 0 Å². The fourth-order valence-corrected chi connectivity index (χ4v) is 2.97. The molecule has 0 unspecified atom stereocenters. The maximum atomic E-state index is 5.41. The van der Waals surface area contributed by atoms with Gasteiger partial charge < -0.3 is 24.4 Å². The fourth-order valence-electron chi connectivity index (χ4n) is 2.97. The van der Waals surface area contributed by atoms with Crippen molar-refractivity contribution in [3.8, 4) is 17.2 Å². The number of methoxy groups -OCH3 is 3. The lowest BCUT2D eigenvalue weighted by Gasteiger charge is -2.33. The topological polar surface area (TPSA) is 55.3 Å². The summed E-state index contributed by atoms with van der Waals surface area (Å²) in [5.74, 6) is 3.68. The molecule has 1 aliphatic heterocycles. The van der Waals surface area contributed by atoms with E-state index in [4.69, 9.17) is 14.2 Å². The number of ether oxygens (including phenoxy) is 3. The van der Waals surface area contributed by atoms with Crippen LogP contribution in [0.5, 0.6) is 17.2 Å². The summed E-state index contributed by atoms with van der Waals surface area (Å²) < 4.78 is 16.2. The van der Waals surface area contributed by atoms with Crippen molar-refractivity contribution in [3.05, 3.63) is 17.7 Å². The van der Waals surface area contributed by atoms with Crippen molar-refractivity contribution in [2.24, 2.45) is 10.9 Å². The van der Waals surface area contributed by atoms with Gasteiger partial charge in [-0.3, -0.25) is 4.99 Å². The lowest BCUT2D eigenvalue weighted by molar-refractivity contribution is 0.273. The van der Waals surface area contributed by atoms with Gasteiger partial charge in [0.1, 0.15) is 0 Å². The Morgan fingerprint density at radius 2 is 1.68 bits per heavy atom. The van der Waals surface area contributed by atoms with Gasteiger partial charge in [-0.05, 0) is 36.5 Å². The average molecular weight is 463 g/mol. The number of nitrogens with zero attached hydrogens (tertiary/aromatic N) is 2. The largest absolute Gasteiger partial charge is 0.493 e. The quantitative estimate of drug-likeness (QED) is 0.413. The molecule has 0 saturated carbocycles. The van der Waals surface area contributed by atoms with Crippen LogP contribution in [0.25, 0.3) is 0 Å². The first-order chi connectivity index (χ1) is 11.6. The van der Waals surface area contributed by atoms with E-state index in [9.17, 15) is 0 Å². The number of rotatable bonds is 5. The van der Waals surface area contributed by atoms with Gasteiger partial charge in [0.2, 0.25) is 5.75 Å². The molecule has 1 saturated heterocycles. The number of nitrogens with one attached hydrogen (secondary N) is 1. The van der Waals surface area contributed by atoms with Crippen molar-refractivity contribution < 1.29 is 14.2 Å². The Morgan fingerprint density at radius 3 is 2.12 bits per heavy atom. The van der Waals surface area contributed by atoms with E-state index in [2.05, 4.69) is 22.1 Å². The second-order valence-electron chi connectivity index (χ2n) is 6.10. The first-order valence-corrected chi connectivity index (χ1v) is 8.37. The zero-order valence-electron chi connectivity index (χ0n) is 15.8. The van der Waals surface area contributed by atoms with Crippen molar-refractivity contribution in [2.75, 3.05) is 41.5 Å². The molecule has 1 aromatic carbocycles. The van der Waals surface area contributed by atoms with Gasteiger partial charge in [-0.1, -0.05) is 6.92 Å². The van der Waals surface area contributed by atoms with E-state index < -0.39 is 0 Å². The van der Waals surface area contributed by atoms with E-state index in [1.165, 1.54) is 12.8 Å². The third kappa shape index (κ3) is 5.55. The predicted molar refractivity (Wildman–Crippen MR) is 112 cm³/mol. The van der Waals surface area contributed by atoms with Crippen LogP contribution in [-0.4, -0.2) is 52.3 Å². The van der Waals surface area contributed by atoms with Gasteiger partial charge in [0.25, 0.3) is 0 Å². The molecule has 1 heterocycles. The Morgan fingerprint density at radius 1 is 1.12 bits per heavy atom. The number of hydrogen-bond donors (Lipinski definition) is 1. The second-order valence-corrected chi connectivity index (χ2v) is 6.10. The SMILES string of the molecule is CN=C(NCc1cc(OC)c(OC)c(OC)c1)N1CCC(C)CC1.I. The smallest absolute Gasteiger partial charge is 0.203 e. The average Bonchev–Trinajstić information content (AvgIpc) is 2.62. The molecule has 0 amide bonds. The highest BCUT2D eigenvalue weighted by Gasteiger charge is 2.19. The fraction of sp³-hybridized carbons (Fsp3) is 0.611. The molecular formula is C18H30IN3O3. The molecule has 1 aromatic rings. The minimum Gasteiger partial charge on any atom is -0.493 e. The number of halogens is 1. The Hall–Kier alpha value is -1.38. The summed E-state index contributed by atoms with van der Waals surface area (Å²) in [4.78, 5) is 6.73. The lowest BCUT2D eigenvalue weighted by atomic mass is 9.99. The summed E-state index contributed by atoms with van der Waals surface area (Å²) in [6.45, 7) is 5.06. The van der Waals surface area contributed by atoms with Crippen molar-refractivity contribution >= 4 is 29.9 Å². The number of aliphatic imine (C=N–C) groups is 1. The van der Waals surface area contributed by atoms with Gasteiger partial charge in [0, 0.05) is 26.7 Å². The van der Waals surface area contributed by atoms with Gasteiger partial charge in [-0.2, -0.15) is 0 Å². The number of benzene rings is 1. The molecule has 25 heavy (non-hydrogen) atoms. The van der Waals surface area contributed by atoms with Crippen LogP contribution in [0.15, 0.2) is 17.1 Å². The van der Waals surface area contributed by atoms with Gasteiger partial charge in [0.15, 0.2) is 17.5 Å². The van der Waals surface area contributed by atoms with E-state index >= 15 is 0 Å². The van der Waals surface area contributed by atoms with E-state index in [1.54, 1.807) is 21.3 Å². The van der Waals surface area contributed by atoms with Crippen LogP contribution in [0.1, 0.15) is 25.3 Å². The Labute approximate surface area is 167 Å². The summed E-state index contributed by atoms with van der Waals surface area (Å²) in [6.07, 6.45) is 2.43. The zero-order chi connectivity index (χ0) is 17.5. The van der Waals surface area contributed by atoms with E-state index in [-0.39, 0.29) is 24.0 Å². The minimum atomic E-state index is 0. The van der Waals surface area contributed by atoms with Crippen LogP contribution in [-0.2, 0) is 6.54 Å². The van der Waals surface area contributed by atoms with Crippen LogP contribution >= 0.6 is 24.0 Å². The summed E-state index contributed by atoms with van der Waals surface area (Å²) in [5, 5.41) is 3.43. The first kappa shape index (κ1) is 21.7. The second kappa shape index (κ2) is 10.6. The van der Waals surface area contributed by atoms with E-state index in [1.807, 2.05) is 19.2 Å². The third-order valence-electron chi connectivity index (χ3n) is 4.47. The molecule has 0 radical (unpaired) electrons. The van der Waals surface area contributed by atoms with Crippen molar-refractivity contribution in [2.45, 2.75) is 26.3 Å². The lowest BCUT2D eigenvalue weighted by Crippen LogP contribution is -2.45. The Balaban J connectivity index is 0.00000312. The van der Waals surface area contributed by atoms with Crippen LogP contribution in [0, 0.1) is 5.92 Å². The molecule has 0 aromatic heterocycles. The molecular weight excluding hydrogens is 433 g/mol. The first-order valence-electron chi connectivity index (χ1n) is 8.37. The summed E-state index contributed by atoms with van der Waals surface area (Å²) in [7, 11) is 6.69. The van der Waals surface area contributed by atoms with Crippen LogP contribution in [0.3, 0.4) is 0 Å². The molecule has 0 bridgehead atoms. The summed E-state index contributed by atoms with van der Waals surface area (Å²) >= 11 is 0. The molecule has 142 valence electrons. The van der Waals surface area contributed by atoms with Crippen LogP contribution in [0.2, 0.25) is 0 Å². The maximum Gasteiger partial charge on any atom is 0.203 e. The van der Waals surface area contributed by atoms with Crippen molar-refractivity contribution in [3.63, 3.8) is 0 Å². The maximum absolute atomic E-state index is 5.41. The van der Waals surface area contributed by atoms with Crippen LogP contribution in [0.4, 0.5) is 0 Å². The van der Waals surface area contributed by atoms with Gasteiger partial charge in [-0.25, -0.2) is 0 Å². The van der Waals surface area contributed by atoms with Crippen LogP contribution < -0.4 is 19.5 Å². The highest BCUT2D eigenvalue weighted by Crippen LogP contribution is 2.38. The van der Waals surface area contributed by atoms with Crippen molar-refractivity contribution in [1.29, 1.82) is 0 Å². The molecule has 0 spiro atoms. The highest BCUT2D eigenvalue weighted by atomic mass is 127. The molecule has 1 N–H and O–H groups in total.